The lowest BCUT2D eigenvalue weighted by Gasteiger charge is -2.57. The molecule has 1 N–H and O–H groups in total. The molecule has 1 saturated carbocycles. The lowest BCUT2D eigenvalue weighted by Crippen LogP contribution is -2.52. The van der Waals surface area contributed by atoms with Crippen LogP contribution in [0.1, 0.15) is 52.0 Å². The Labute approximate surface area is 176 Å². The number of nitrogens with one attached hydrogen (secondary N) is 1. The van der Waals surface area contributed by atoms with Gasteiger partial charge in [-0.25, -0.2) is 4.79 Å². The molecule has 0 spiro atoms. The Morgan fingerprint density at radius 2 is 2.03 bits per heavy atom. The molecule has 0 aromatic heterocycles. The average molecular weight is 396 g/mol. The lowest BCUT2D eigenvalue weighted by atomic mass is 9.49. The Kier molecular flexibility index (Phi) is 5.74. The molecule has 158 valence electrons. The van der Waals surface area contributed by atoms with Crippen LogP contribution < -0.4 is 10.2 Å². The number of likely N-dealkylation sites (tertiary alicyclic amines) is 1. The molecule has 3 aliphatic carbocycles. The molecule has 0 unspecified atom stereocenters. The van der Waals surface area contributed by atoms with Crippen LogP contribution in [0.15, 0.2) is 35.9 Å². The van der Waals surface area contributed by atoms with Gasteiger partial charge in [0, 0.05) is 38.4 Å². The summed E-state index contributed by atoms with van der Waals surface area (Å²) in [5, 5.41) is 3.25. The van der Waals surface area contributed by atoms with Crippen molar-refractivity contribution in [2.24, 2.45) is 17.3 Å². The molecule has 1 saturated heterocycles. The van der Waals surface area contributed by atoms with Crippen molar-refractivity contribution >= 4 is 11.7 Å². The Balaban J connectivity index is 1.25. The molecule has 1 heterocycles. The Morgan fingerprint density at radius 1 is 1.28 bits per heavy atom. The molecule has 2 amide bonds. The largest absolute Gasteiger partial charge is 0.335 e. The molecule has 1 aromatic carbocycles. The number of piperidine rings is 1. The van der Waals surface area contributed by atoms with Gasteiger partial charge < -0.3 is 5.32 Å². The zero-order valence-electron chi connectivity index (χ0n) is 18.6. The summed E-state index contributed by atoms with van der Waals surface area (Å²) < 4.78 is 0. The smallest absolute Gasteiger partial charge is 0.321 e. The SMILES string of the molecule is CCc1cccc(N(C)C(=O)NC2CCN(CC3=CC[C@H]4C[C@@H]3C4(C)C)CC2)c1. The number of aryl methyl sites for hydroxylation is 1. The van der Waals surface area contributed by atoms with Crippen molar-refractivity contribution in [3.63, 3.8) is 0 Å². The molecule has 2 fully saturated rings. The normalized spacial score (nSPS) is 26.4. The fourth-order valence-electron chi connectivity index (χ4n) is 5.52. The summed E-state index contributed by atoms with van der Waals surface area (Å²) in [4.78, 5) is 17.1. The number of amides is 2. The van der Waals surface area contributed by atoms with Crippen LogP contribution >= 0.6 is 0 Å². The van der Waals surface area contributed by atoms with E-state index in [2.05, 4.69) is 49.2 Å². The molecular weight excluding hydrogens is 358 g/mol. The molecule has 2 bridgehead atoms. The van der Waals surface area contributed by atoms with Crippen LogP contribution in [0.5, 0.6) is 0 Å². The van der Waals surface area contributed by atoms with Crippen LogP contribution in [0.25, 0.3) is 0 Å². The van der Waals surface area contributed by atoms with E-state index in [1.807, 2.05) is 19.2 Å². The summed E-state index contributed by atoms with van der Waals surface area (Å²) in [6.45, 7) is 10.3. The minimum Gasteiger partial charge on any atom is -0.335 e. The first kappa shape index (κ1) is 20.5. The Morgan fingerprint density at radius 3 is 2.69 bits per heavy atom. The maximum atomic E-state index is 12.7. The van der Waals surface area contributed by atoms with Crippen LogP contribution in [-0.2, 0) is 6.42 Å². The summed E-state index contributed by atoms with van der Waals surface area (Å²) in [6, 6.07) is 8.53. The topological polar surface area (TPSA) is 35.6 Å². The number of allylic oxidation sites excluding steroid dienone is 1. The van der Waals surface area contributed by atoms with Crippen LogP contribution in [0.2, 0.25) is 0 Å². The highest BCUT2D eigenvalue weighted by molar-refractivity contribution is 5.91. The fourth-order valence-corrected chi connectivity index (χ4v) is 5.52. The third-order valence-corrected chi connectivity index (χ3v) is 7.91. The number of hydrogen-bond donors (Lipinski definition) is 1. The monoisotopic (exact) mass is 395 g/mol. The molecule has 1 aliphatic heterocycles. The van der Waals surface area contributed by atoms with Gasteiger partial charge >= 0.3 is 6.03 Å². The summed E-state index contributed by atoms with van der Waals surface area (Å²) in [5.41, 5.74) is 4.41. The molecular formula is C25H37N3O. The van der Waals surface area contributed by atoms with Crippen molar-refractivity contribution in [2.45, 2.75) is 58.9 Å². The van der Waals surface area contributed by atoms with E-state index in [0.29, 0.717) is 5.41 Å². The van der Waals surface area contributed by atoms with Gasteiger partial charge in [-0.1, -0.05) is 44.6 Å². The summed E-state index contributed by atoms with van der Waals surface area (Å²) in [6.07, 6.45) is 8.26. The quantitative estimate of drug-likeness (QED) is 0.723. The highest BCUT2D eigenvalue weighted by Crippen LogP contribution is 2.59. The van der Waals surface area contributed by atoms with Gasteiger partial charge in [-0.05, 0) is 67.1 Å². The molecule has 4 nitrogen and oxygen atoms in total. The number of hydrogen-bond acceptors (Lipinski definition) is 2. The number of urea groups is 1. The first-order valence-corrected chi connectivity index (χ1v) is 11.4. The lowest BCUT2D eigenvalue weighted by molar-refractivity contribution is -0.0113. The minimum atomic E-state index is 0.00829. The van der Waals surface area contributed by atoms with E-state index in [4.69, 9.17) is 0 Å². The van der Waals surface area contributed by atoms with E-state index in [9.17, 15) is 4.79 Å². The minimum absolute atomic E-state index is 0.00829. The predicted octanol–water partition coefficient (Wildman–Crippen LogP) is 4.85. The standard InChI is InChI=1S/C25H37N3O/c1-5-18-7-6-8-22(15-18)27(4)24(29)26-21-11-13-28(14-12-21)17-19-9-10-20-16-23(19)25(20,2)3/h6-9,15,20-21,23H,5,10-14,16-17H2,1-4H3,(H,26,29)/t20-,23-/m0/s1. The Bertz CT molecular complexity index is 776. The molecule has 0 radical (unpaired) electrons. The number of rotatable bonds is 5. The molecule has 2 atom stereocenters. The van der Waals surface area contributed by atoms with E-state index in [1.54, 1.807) is 10.5 Å². The van der Waals surface area contributed by atoms with E-state index in [-0.39, 0.29) is 12.1 Å². The Hall–Kier alpha value is -1.81. The van der Waals surface area contributed by atoms with E-state index < -0.39 is 0 Å². The van der Waals surface area contributed by atoms with E-state index in [0.717, 1.165) is 56.4 Å². The summed E-state index contributed by atoms with van der Waals surface area (Å²) in [5.74, 6) is 1.71. The first-order chi connectivity index (χ1) is 13.9. The molecule has 1 aromatic rings. The highest BCUT2D eigenvalue weighted by Gasteiger charge is 2.51. The van der Waals surface area contributed by atoms with Crippen molar-refractivity contribution in [3.05, 3.63) is 41.5 Å². The maximum absolute atomic E-state index is 12.7. The van der Waals surface area contributed by atoms with Crippen molar-refractivity contribution in [1.29, 1.82) is 0 Å². The number of carbonyl (C=O) groups excluding carboxylic acids is 1. The number of fused-ring (bicyclic) bond motifs is 1. The maximum Gasteiger partial charge on any atom is 0.321 e. The van der Waals surface area contributed by atoms with Crippen LogP contribution in [0, 0.1) is 17.3 Å². The van der Waals surface area contributed by atoms with Gasteiger partial charge in [0.05, 0.1) is 0 Å². The number of carbonyl (C=O) groups is 1. The molecule has 4 heteroatoms. The van der Waals surface area contributed by atoms with Gasteiger partial charge in [0.2, 0.25) is 0 Å². The van der Waals surface area contributed by atoms with Gasteiger partial charge in [0.1, 0.15) is 0 Å². The van der Waals surface area contributed by atoms with E-state index in [1.165, 1.54) is 18.4 Å². The summed E-state index contributed by atoms with van der Waals surface area (Å²) in [7, 11) is 1.86. The highest BCUT2D eigenvalue weighted by atomic mass is 16.2. The third-order valence-electron chi connectivity index (χ3n) is 7.91. The van der Waals surface area contributed by atoms with Gasteiger partial charge in [-0.15, -0.1) is 0 Å². The molecule has 5 rings (SSSR count). The summed E-state index contributed by atoms with van der Waals surface area (Å²) >= 11 is 0. The molecule has 4 aliphatic rings. The van der Waals surface area contributed by atoms with Crippen molar-refractivity contribution < 1.29 is 4.79 Å². The van der Waals surface area contributed by atoms with Crippen LogP contribution in [-0.4, -0.2) is 43.7 Å². The second-order valence-corrected chi connectivity index (χ2v) is 9.90. The number of nitrogens with zero attached hydrogens (tertiary/aromatic N) is 2. The third kappa shape index (κ3) is 4.09. The van der Waals surface area contributed by atoms with Gasteiger partial charge in [-0.2, -0.15) is 0 Å². The first-order valence-electron chi connectivity index (χ1n) is 11.4. The van der Waals surface area contributed by atoms with Crippen molar-refractivity contribution in [1.82, 2.24) is 10.2 Å². The fraction of sp³-hybridized carbons (Fsp3) is 0.640. The van der Waals surface area contributed by atoms with Crippen LogP contribution in [0.4, 0.5) is 10.5 Å². The van der Waals surface area contributed by atoms with Crippen molar-refractivity contribution in [2.75, 3.05) is 31.6 Å². The zero-order valence-corrected chi connectivity index (χ0v) is 18.6. The van der Waals surface area contributed by atoms with Crippen LogP contribution in [0.3, 0.4) is 0 Å². The van der Waals surface area contributed by atoms with Gasteiger partial charge in [-0.3, -0.25) is 9.80 Å². The predicted molar refractivity (Wildman–Crippen MR) is 120 cm³/mol. The van der Waals surface area contributed by atoms with Gasteiger partial charge in [0.15, 0.2) is 0 Å². The zero-order chi connectivity index (χ0) is 20.6. The second kappa shape index (κ2) is 8.14. The van der Waals surface area contributed by atoms with E-state index >= 15 is 0 Å². The number of benzene rings is 1. The van der Waals surface area contributed by atoms with Crippen molar-refractivity contribution in [3.8, 4) is 0 Å². The number of anilines is 1. The molecule has 29 heavy (non-hydrogen) atoms. The second-order valence-electron chi connectivity index (χ2n) is 9.90. The van der Waals surface area contributed by atoms with Gasteiger partial charge in [0.25, 0.3) is 0 Å². The average Bonchev–Trinajstić information content (AvgIpc) is 2.74.